The van der Waals surface area contributed by atoms with Crippen molar-refractivity contribution in [2.75, 3.05) is 13.2 Å². The molecule has 1 saturated carbocycles. The van der Waals surface area contributed by atoms with Crippen LogP contribution < -0.4 is 0 Å². The Bertz CT molecular complexity index is 190. The summed E-state index contributed by atoms with van der Waals surface area (Å²) in [6.45, 7) is 9.60. The van der Waals surface area contributed by atoms with E-state index in [0.29, 0.717) is 18.7 Å². The van der Waals surface area contributed by atoms with Gasteiger partial charge in [-0.1, -0.05) is 6.42 Å². The molecule has 0 amide bonds. The van der Waals surface area contributed by atoms with Gasteiger partial charge in [0.2, 0.25) is 0 Å². The quantitative estimate of drug-likeness (QED) is 0.725. The molecule has 1 aliphatic rings. The van der Waals surface area contributed by atoms with E-state index in [0.717, 1.165) is 6.54 Å². The maximum Gasteiger partial charge on any atom is 0.0900 e. The van der Waals surface area contributed by atoms with Gasteiger partial charge in [0.1, 0.15) is 0 Å². The lowest BCUT2D eigenvalue weighted by atomic mass is 9.90. The third kappa shape index (κ3) is 4.40. The highest BCUT2D eigenvalue weighted by Gasteiger charge is 2.28. The molecule has 1 rings (SSSR count). The second-order valence-electron chi connectivity index (χ2n) is 5.41. The first-order chi connectivity index (χ1) is 7.50. The van der Waals surface area contributed by atoms with E-state index >= 15 is 0 Å². The first-order valence-corrected chi connectivity index (χ1v) is 6.56. The predicted molar refractivity (Wildman–Crippen MR) is 66.6 cm³/mol. The number of nitrogens with zero attached hydrogens (tertiary/aromatic N) is 1. The SMILES string of the molecule is CC(C)OCC(O)CN(C(C)C)C1CCC1. The molecule has 1 fully saturated rings. The Balaban J connectivity index is 2.29. The molecule has 0 bridgehead atoms. The largest absolute Gasteiger partial charge is 0.389 e. The lowest BCUT2D eigenvalue weighted by molar-refractivity contribution is -0.0274. The molecule has 0 aromatic heterocycles. The van der Waals surface area contributed by atoms with Crippen LogP contribution >= 0.6 is 0 Å². The summed E-state index contributed by atoms with van der Waals surface area (Å²) >= 11 is 0. The van der Waals surface area contributed by atoms with E-state index in [4.69, 9.17) is 4.74 Å². The van der Waals surface area contributed by atoms with E-state index in [1.807, 2.05) is 13.8 Å². The van der Waals surface area contributed by atoms with Gasteiger partial charge in [-0.05, 0) is 40.5 Å². The lowest BCUT2D eigenvalue weighted by Crippen LogP contribution is -2.48. The molecule has 0 radical (unpaired) electrons. The highest BCUT2D eigenvalue weighted by Crippen LogP contribution is 2.26. The molecule has 1 aliphatic carbocycles. The summed E-state index contributed by atoms with van der Waals surface area (Å²) in [7, 11) is 0. The van der Waals surface area contributed by atoms with Crippen LogP contribution in [0.2, 0.25) is 0 Å². The third-order valence-electron chi connectivity index (χ3n) is 3.25. The maximum absolute atomic E-state index is 9.92. The Morgan fingerprint density at radius 1 is 1.25 bits per heavy atom. The minimum absolute atomic E-state index is 0.200. The van der Waals surface area contributed by atoms with Crippen molar-refractivity contribution in [2.24, 2.45) is 0 Å². The van der Waals surface area contributed by atoms with Crippen LogP contribution in [-0.4, -0.2) is 47.4 Å². The molecule has 0 saturated heterocycles. The van der Waals surface area contributed by atoms with Gasteiger partial charge >= 0.3 is 0 Å². The smallest absolute Gasteiger partial charge is 0.0900 e. The zero-order chi connectivity index (χ0) is 12.1. The molecule has 3 nitrogen and oxygen atoms in total. The van der Waals surface area contributed by atoms with Gasteiger partial charge in [-0.15, -0.1) is 0 Å². The summed E-state index contributed by atoms with van der Waals surface area (Å²) < 4.78 is 5.44. The third-order valence-corrected chi connectivity index (χ3v) is 3.25. The Labute approximate surface area is 99.8 Å². The van der Waals surface area contributed by atoms with E-state index in [1.54, 1.807) is 0 Å². The van der Waals surface area contributed by atoms with Crippen LogP contribution in [0.15, 0.2) is 0 Å². The number of hydrogen-bond acceptors (Lipinski definition) is 3. The van der Waals surface area contributed by atoms with Crippen molar-refractivity contribution in [3.63, 3.8) is 0 Å². The molecule has 16 heavy (non-hydrogen) atoms. The van der Waals surface area contributed by atoms with Crippen molar-refractivity contribution in [1.29, 1.82) is 0 Å². The molecular formula is C13H27NO2. The number of ether oxygens (including phenoxy) is 1. The fraction of sp³-hybridized carbons (Fsp3) is 1.00. The van der Waals surface area contributed by atoms with Crippen molar-refractivity contribution >= 4 is 0 Å². The molecule has 1 unspecified atom stereocenters. The van der Waals surface area contributed by atoms with Gasteiger partial charge in [0, 0.05) is 18.6 Å². The monoisotopic (exact) mass is 229 g/mol. The number of aliphatic hydroxyl groups is 1. The highest BCUT2D eigenvalue weighted by molar-refractivity contribution is 4.83. The van der Waals surface area contributed by atoms with Crippen LogP contribution in [0.4, 0.5) is 0 Å². The number of rotatable bonds is 7. The summed E-state index contributed by atoms with van der Waals surface area (Å²) in [6.07, 6.45) is 3.76. The molecule has 0 aromatic rings. The highest BCUT2D eigenvalue weighted by atomic mass is 16.5. The summed E-state index contributed by atoms with van der Waals surface area (Å²) in [4.78, 5) is 2.41. The minimum Gasteiger partial charge on any atom is -0.389 e. The molecule has 0 aromatic carbocycles. The Morgan fingerprint density at radius 2 is 1.88 bits per heavy atom. The van der Waals surface area contributed by atoms with Gasteiger partial charge in [0.15, 0.2) is 0 Å². The van der Waals surface area contributed by atoms with Crippen molar-refractivity contribution in [1.82, 2.24) is 4.90 Å². The van der Waals surface area contributed by atoms with E-state index < -0.39 is 0 Å². The van der Waals surface area contributed by atoms with Gasteiger partial charge < -0.3 is 9.84 Å². The van der Waals surface area contributed by atoms with E-state index in [-0.39, 0.29) is 12.2 Å². The fourth-order valence-electron chi connectivity index (χ4n) is 2.10. The Hall–Kier alpha value is -0.120. The van der Waals surface area contributed by atoms with Crippen LogP contribution in [0.25, 0.3) is 0 Å². The average Bonchev–Trinajstić information content (AvgIpc) is 2.10. The summed E-state index contributed by atoms with van der Waals surface area (Å²) in [5, 5.41) is 9.92. The van der Waals surface area contributed by atoms with Gasteiger partial charge in [0.05, 0.1) is 18.8 Å². The normalized spacial score (nSPS) is 19.5. The average molecular weight is 229 g/mol. The summed E-state index contributed by atoms with van der Waals surface area (Å²) in [6, 6.07) is 1.20. The summed E-state index contributed by atoms with van der Waals surface area (Å²) in [5.41, 5.74) is 0. The molecule has 96 valence electrons. The van der Waals surface area contributed by atoms with Crippen molar-refractivity contribution in [2.45, 2.75) is 71.2 Å². The second kappa shape index (κ2) is 6.58. The van der Waals surface area contributed by atoms with Gasteiger partial charge in [-0.25, -0.2) is 0 Å². The Morgan fingerprint density at radius 3 is 2.25 bits per heavy atom. The maximum atomic E-state index is 9.92. The zero-order valence-electron chi connectivity index (χ0n) is 11.1. The standard InChI is InChI=1S/C13H27NO2/c1-10(2)14(12-6-5-7-12)8-13(15)9-16-11(3)4/h10-13,15H,5-9H2,1-4H3. The van der Waals surface area contributed by atoms with Crippen LogP contribution in [0.3, 0.4) is 0 Å². The molecule has 0 heterocycles. The second-order valence-corrected chi connectivity index (χ2v) is 5.41. The summed E-state index contributed by atoms with van der Waals surface area (Å²) in [5.74, 6) is 0. The van der Waals surface area contributed by atoms with Gasteiger partial charge in [-0.2, -0.15) is 0 Å². The zero-order valence-corrected chi connectivity index (χ0v) is 11.1. The van der Waals surface area contributed by atoms with Gasteiger partial charge in [-0.3, -0.25) is 4.90 Å². The topological polar surface area (TPSA) is 32.7 Å². The van der Waals surface area contributed by atoms with E-state index in [2.05, 4.69) is 18.7 Å². The first kappa shape index (κ1) is 13.9. The van der Waals surface area contributed by atoms with Crippen molar-refractivity contribution < 1.29 is 9.84 Å². The number of hydrogen-bond donors (Lipinski definition) is 1. The van der Waals surface area contributed by atoms with E-state index in [9.17, 15) is 5.11 Å². The minimum atomic E-state index is -0.356. The molecular weight excluding hydrogens is 202 g/mol. The predicted octanol–water partition coefficient (Wildman–Crippen LogP) is 2.04. The molecule has 3 heteroatoms. The molecule has 0 aliphatic heterocycles. The fourth-order valence-corrected chi connectivity index (χ4v) is 2.10. The van der Waals surface area contributed by atoms with Crippen LogP contribution in [0, 0.1) is 0 Å². The molecule has 0 spiro atoms. The molecule has 1 atom stereocenters. The Kier molecular flexibility index (Phi) is 5.73. The lowest BCUT2D eigenvalue weighted by Gasteiger charge is -2.41. The van der Waals surface area contributed by atoms with E-state index in [1.165, 1.54) is 19.3 Å². The van der Waals surface area contributed by atoms with Crippen LogP contribution in [0.1, 0.15) is 47.0 Å². The van der Waals surface area contributed by atoms with Crippen LogP contribution in [-0.2, 0) is 4.74 Å². The van der Waals surface area contributed by atoms with Gasteiger partial charge in [0.25, 0.3) is 0 Å². The first-order valence-electron chi connectivity index (χ1n) is 6.56. The van der Waals surface area contributed by atoms with Crippen LogP contribution in [0.5, 0.6) is 0 Å². The van der Waals surface area contributed by atoms with Crippen molar-refractivity contribution in [3.05, 3.63) is 0 Å². The van der Waals surface area contributed by atoms with Crippen molar-refractivity contribution in [3.8, 4) is 0 Å². The molecule has 1 N–H and O–H groups in total. The number of aliphatic hydroxyl groups excluding tert-OH is 1.